The molecule has 5 aromatic rings. The summed E-state index contributed by atoms with van der Waals surface area (Å²) >= 11 is 2.73. The maximum atomic E-state index is 12.8. The average Bonchev–Trinajstić information content (AvgIpc) is 3.55. The normalized spacial score (nSPS) is 11.1. The Labute approximate surface area is 208 Å². The zero-order chi connectivity index (χ0) is 24.4. The van der Waals surface area contributed by atoms with Crippen molar-refractivity contribution in [2.45, 2.75) is 11.0 Å². The van der Waals surface area contributed by atoms with Crippen molar-refractivity contribution in [3.05, 3.63) is 64.0 Å². The van der Waals surface area contributed by atoms with Gasteiger partial charge in [0, 0.05) is 16.5 Å². The van der Waals surface area contributed by atoms with Crippen molar-refractivity contribution in [3.8, 4) is 39.8 Å². The van der Waals surface area contributed by atoms with Gasteiger partial charge in [0.05, 0.1) is 32.5 Å². The Kier molecular flexibility index (Phi) is 6.43. The number of hydrogen-bond donors (Lipinski definition) is 1. The second-order valence-corrected chi connectivity index (χ2v) is 9.07. The van der Waals surface area contributed by atoms with Gasteiger partial charge in [0.2, 0.25) is 11.6 Å². The fourth-order valence-electron chi connectivity index (χ4n) is 3.61. The van der Waals surface area contributed by atoms with E-state index in [1.54, 1.807) is 12.1 Å². The van der Waals surface area contributed by atoms with Gasteiger partial charge in [-0.25, -0.2) is 4.98 Å². The van der Waals surface area contributed by atoms with E-state index in [9.17, 15) is 4.79 Å². The third-order valence-corrected chi connectivity index (χ3v) is 6.93. The summed E-state index contributed by atoms with van der Waals surface area (Å²) in [5.41, 5.74) is 2.32. The number of hydrogen-bond acceptors (Lipinski definition) is 10. The average molecular weight is 509 g/mol. The highest BCUT2D eigenvalue weighted by Gasteiger charge is 2.18. The summed E-state index contributed by atoms with van der Waals surface area (Å²) < 4.78 is 21.9. The third kappa shape index (κ3) is 4.47. The lowest BCUT2D eigenvalue weighted by molar-refractivity contribution is 0.324. The number of thiophene rings is 1. The van der Waals surface area contributed by atoms with E-state index in [4.69, 9.17) is 18.6 Å². The molecule has 3 heterocycles. The van der Waals surface area contributed by atoms with Crippen LogP contribution in [-0.2, 0) is 5.75 Å². The minimum absolute atomic E-state index is 0.172. The molecule has 9 nitrogen and oxygen atoms in total. The number of H-pyrrole nitrogens is 1. The van der Waals surface area contributed by atoms with E-state index in [2.05, 4.69) is 20.2 Å². The summed E-state index contributed by atoms with van der Waals surface area (Å²) in [6, 6.07) is 13.3. The van der Waals surface area contributed by atoms with Crippen LogP contribution in [0.5, 0.6) is 17.2 Å². The molecule has 0 atom stereocenters. The fourth-order valence-corrected chi connectivity index (χ4v) is 5.21. The smallest absolute Gasteiger partial charge is 0.277 e. The summed E-state index contributed by atoms with van der Waals surface area (Å²) in [4.78, 5) is 21.0. The van der Waals surface area contributed by atoms with Crippen molar-refractivity contribution in [1.82, 2.24) is 20.2 Å². The summed E-state index contributed by atoms with van der Waals surface area (Å²) in [7, 11) is 4.62. The van der Waals surface area contributed by atoms with E-state index in [0.29, 0.717) is 55.7 Å². The number of aromatic nitrogens is 4. The number of aromatic amines is 1. The van der Waals surface area contributed by atoms with Crippen molar-refractivity contribution >= 4 is 33.3 Å². The Morgan fingerprint density at radius 3 is 2.43 bits per heavy atom. The lowest BCUT2D eigenvalue weighted by Gasteiger charge is -2.12. The standard InChI is InChI=1S/C24H20N4O5S2/c1-30-16-9-14(10-17(31-2)20(16)32-3)22-27-28-24(33-22)35-12-18-25-21(29)19-15(11-34-23(19)26-18)13-7-5-4-6-8-13/h4-11H,12H2,1-3H3,(H,25,26,29). The van der Waals surface area contributed by atoms with Gasteiger partial charge in [0.1, 0.15) is 10.7 Å². The lowest BCUT2D eigenvalue weighted by atomic mass is 10.1. The molecule has 0 radical (unpaired) electrons. The van der Waals surface area contributed by atoms with Crippen molar-refractivity contribution in [2.24, 2.45) is 0 Å². The molecule has 0 aliphatic rings. The molecular weight excluding hydrogens is 488 g/mol. The monoisotopic (exact) mass is 508 g/mol. The molecule has 2 aromatic carbocycles. The van der Waals surface area contributed by atoms with Crippen LogP contribution in [0.15, 0.2) is 62.3 Å². The molecule has 0 aliphatic heterocycles. The predicted molar refractivity (Wildman–Crippen MR) is 135 cm³/mol. The molecule has 0 bridgehead atoms. The molecule has 0 saturated carbocycles. The second-order valence-electron chi connectivity index (χ2n) is 7.28. The van der Waals surface area contributed by atoms with Crippen LogP contribution in [-0.4, -0.2) is 41.5 Å². The Balaban J connectivity index is 1.37. The van der Waals surface area contributed by atoms with Crippen LogP contribution in [0.2, 0.25) is 0 Å². The van der Waals surface area contributed by atoms with Crippen LogP contribution in [0.3, 0.4) is 0 Å². The molecule has 0 aliphatic carbocycles. The molecular formula is C24H20N4O5S2. The Hall–Kier alpha value is -3.83. The van der Waals surface area contributed by atoms with E-state index in [-0.39, 0.29) is 5.56 Å². The Morgan fingerprint density at radius 1 is 1.00 bits per heavy atom. The quantitative estimate of drug-likeness (QED) is 0.289. The number of nitrogens with one attached hydrogen (secondary N) is 1. The molecule has 0 fully saturated rings. The van der Waals surface area contributed by atoms with Gasteiger partial charge in [-0.15, -0.1) is 21.5 Å². The first-order valence-corrected chi connectivity index (χ1v) is 12.3. The van der Waals surface area contributed by atoms with Crippen LogP contribution in [0.1, 0.15) is 5.82 Å². The highest BCUT2D eigenvalue weighted by atomic mass is 32.2. The zero-order valence-corrected chi connectivity index (χ0v) is 20.7. The number of thioether (sulfide) groups is 1. The van der Waals surface area contributed by atoms with Crippen LogP contribution in [0, 0.1) is 0 Å². The maximum absolute atomic E-state index is 12.8. The van der Waals surface area contributed by atoms with Crippen molar-refractivity contribution < 1.29 is 18.6 Å². The summed E-state index contributed by atoms with van der Waals surface area (Å²) in [6.07, 6.45) is 0. The lowest BCUT2D eigenvalue weighted by Crippen LogP contribution is -2.10. The largest absolute Gasteiger partial charge is 0.493 e. The number of fused-ring (bicyclic) bond motifs is 1. The van der Waals surface area contributed by atoms with Gasteiger partial charge in [-0.2, -0.15) is 0 Å². The van der Waals surface area contributed by atoms with Gasteiger partial charge in [-0.1, -0.05) is 42.1 Å². The van der Waals surface area contributed by atoms with Gasteiger partial charge in [-0.05, 0) is 17.7 Å². The molecule has 0 amide bonds. The SMILES string of the molecule is COc1cc(-c2nnc(SCc3nc4scc(-c5ccccc5)c4c(=O)[nH]3)o2)cc(OC)c1OC. The van der Waals surface area contributed by atoms with Crippen molar-refractivity contribution in [2.75, 3.05) is 21.3 Å². The summed E-state index contributed by atoms with van der Waals surface area (Å²) in [5, 5.41) is 11.1. The van der Waals surface area contributed by atoms with Gasteiger partial charge < -0.3 is 23.6 Å². The van der Waals surface area contributed by atoms with E-state index in [1.165, 1.54) is 44.4 Å². The molecule has 5 rings (SSSR count). The number of rotatable bonds is 8. The fraction of sp³-hybridized carbons (Fsp3) is 0.167. The van der Waals surface area contributed by atoms with Gasteiger partial charge in [0.25, 0.3) is 10.8 Å². The van der Waals surface area contributed by atoms with E-state index in [0.717, 1.165) is 11.1 Å². The highest BCUT2D eigenvalue weighted by molar-refractivity contribution is 7.98. The first-order chi connectivity index (χ1) is 17.1. The number of ether oxygens (including phenoxy) is 3. The Bertz CT molecular complexity index is 1520. The van der Waals surface area contributed by atoms with Crippen molar-refractivity contribution in [1.29, 1.82) is 0 Å². The third-order valence-electron chi connectivity index (χ3n) is 5.23. The molecule has 1 N–H and O–H groups in total. The molecule has 35 heavy (non-hydrogen) atoms. The zero-order valence-electron chi connectivity index (χ0n) is 19.0. The van der Waals surface area contributed by atoms with Gasteiger partial charge >= 0.3 is 0 Å². The highest BCUT2D eigenvalue weighted by Crippen LogP contribution is 2.41. The minimum atomic E-state index is -0.172. The number of nitrogens with zero attached hydrogens (tertiary/aromatic N) is 3. The van der Waals surface area contributed by atoms with E-state index < -0.39 is 0 Å². The minimum Gasteiger partial charge on any atom is -0.493 e. The summed E-state index contributed by atoms with van der Waals surface area (Å²) in [6.45, 7) is 0. The van der Waals surface area contributed by atoms with Crippen LogP contribution in [0.25, 0.3) is 32.8 Å². The first kappa shape index (κ1) is 22.9. The molecule has 0 unspecified atom stereocenters. The summed E-state index contributed by atoms with van der Waals surface area (Å²) in [5.74, 6) is 2.63. The molecule has 0 spiro atoms. The molecule has 11 heteroatoms. The van der Waals surface area contributed by atoms with E-state index >= 15 is 0 Å². The first-order valence-electron chi connectivity index (χ1n) is 10.4. The predicted octanol–water partition coefficient (Wildman–Crippen LogP) is 5.02. The topological polar surface area (TPSA) is 112 Å². The van der Waals surface area contributed by atoms with Crippen LogP contribution < -0.4 is 19.8 Å². The molecule has 3 aromatic heterocycles. The van der Waals surface area contributed by atoms with Gasteiger partial charge in [-0.3, -0.25) is 4.79 Å². The number of benzene rings is 2. The maximum Gasteiger partial charge on any atom is 0.277 e. The molecule has 178 valence electrons. The van der Waals surface area contributed by atoms with E-state index in [1.807, 2.05) is 35.7 Å². The molecule has 0 saturated heterocycles. The van der Waals surface area contributed by atoms with Gasteiger partial charge in [0.15, 0.2) is 11.5 Å². The van der Waals surface area contributed by atoms with Crippen LogP contribution >= 0.6 is 23.1 Å². The van der Waals surface area contributed by atoms with Crippen LogP contribution in [0.4, 0.5) is 0 Å². The van der Waals surface area contributed by atoms with Crippen molar-refractivity contribution in [3.63, 3.8) is 0 Å². The Morgan fingerprint density at radius 2 is 1.74 bits per heavy atom. The number of methoxy groups -OCH3 is 3. The second kappa shape index (κ2) is 9.80.